The van der Waals surface area contributed by atoms with Gasteiger partial charge in [0.25, 0.3) is 0 Å². The van der Waals surface area contributed by atoms with Crippen LogP contribution in [0.15, 0.2) is 22.9 Å². The minimum atomic E-state index is -1.00. The summed E-state index contributed by atoms with van der Waals surface area (Å²) in [6.45, 7) is 0. The largest absolute Gasteiger partial charge is 1.00 e. The van der Waals surface area contributed by atoms with Crippen LogP contribution in [0, 0.1) is 0 Å². The van der Waals surface area contributed by atoms with Gasteiger partial charge in [-0.1, -0.05) is 0 Å². The average Bonchev–Trinajstić information content (AvgIpc) is 2.12. The van der Waals surface area contributed by atoms with Gasteiger partial charge in [-0.15, -0.1) is 0 Å². The van der Waals surface area contributed by atoms with Crippen LogP contribution in [0.25, 0.3) is 0 Å². The second kappa shape index (κ2) is 3.67. The molecule has 0 unspecified atom stereocenters. The van der Waals surface area contributed by atoms with Gasteiger partial charge >= 0.3 is 22.4 Å². The first-order valence-electron chi connectivity index (χ1n) is 2.08. The Morgan fingerprint density at radius 3 is 2.00 bits per heavy atom. The van der Waals surface area contributed by atoms with Crippen molar-refractivity contribution in [1.82, 2.24) is 0 Å². The standard InChI is InChI=1S/C5H4O2S.Cu/c6-5(7)8-3-1-2-4-8;/h1-4H;/q;+1. The molecule has 0 spiro atoms. The van der Waals surface area contributed by atoms with Crippen molar-refractivity contribution in [2.24, 2.45) is 0 Å². The van der Waals surface area contributed by atoms with Gasteiger partial charge in [-0.3, -0.25) is 0 Å². The van der Waals surface area contributed by atoms with E-state index >= 15 is 0 Å². The third-order valence-corrected chi connectivity index (χ3v) is 2.04. The summed E-state index contributed by atoms with van der Waals surface area (Å²) in [4.78, 5) is 10.0. The SMILES string of the molecule is O=C([O-])[s+]1cccc1.[Cu+]. The molecule has 0 N–H and O–H groups in total. The first-order valence-corrected chi connectivity index (χ1v) is 3.43. The zero-order valence-corrected chi connectivity index (χ0v) is 6.09. The van der Waals surface area contributed by atoms with E-state index in [-0.39, 0.29) is 17.1 Å². The number of rotatable bonds is 1. The molecule has 2 nitrogen and oxygen atoms in total. The van der Waals surface area contributed by atoms with Crippen molar-refractivity contribution >= 4 is 15.8 Å². The Balaban J connectivity index is 0.000000640. The van der Waals surface area contributed by atoms with Gasteiger partial charge in [0, 0.05) is 10.5 Å². The fraction of sp³-hybridized carbons (Fsp3) is 0. The van der Waals surface area contributed by atoms with Crippen molar-refractivity contribution in [3.05, 3.63) is 22.9 Å². The Bertz CT molecular complexity index is 183. The summed E-state index contributed by atoms with van der Waals surface area (Å²) in [7, 11) is -0.735. The number of carboxylic acid groups (broad SMARTS) is 1. The predicted molar refractivity (Wildman–Crippen MR) is 29.7 cm³/mol. The summed E-state index contributed by atoms with van der Waals surface area (Å²) < 4.78 is 0. The molecule has 9 heavy (non-hydrogen) atoms. The third-order valence-electron chi connectivity index (χ3n) is 0.754. The van der Waals surface area contributed by atoms with Gasteiger partial charge in [0.1, 0.15) is 10.8 Å². The topological polar surface area (TPSA) is 40.1 Å². The van der Waals surface area contributed by atoms with Crippen molar-refractivity contribution < 1.29 is 27.0 Å². The van der Waals surface area contributed by atoms with E-state index in [0.29, 0.717) is 0 Å². The van der Waals surface area contributed by atoms with E-state index in [1.807, 2.05) is 0 Å². The van der Waals surface area contributed by atoms with Crippen LogP contribution in [0.5, 0.6) is 0 Å². The van der Waals surface area contributed by atoms with Crippen LogP contribution < -0.4 is 5.11 Å². The van der Waals surface area contributed by atoms with Crippen LogP contribution in [0.2, 0.25) is 0 Å². The summed E-state index contributed by atoms with van der Waals surface area (Å²) in [6.07, 6.45) is 0. The maximum atomic E-state index is 10.0. The minimum Gasteiger partial charge on any atom is -0.500 e. The zero-order chi connectivity index (χ0) is 5.98. The minimum absolute atomic E-state index is 0. The second-order valence-electron chi connectivity index (χ2n) is 1.28. The average molecular weight is 192 g/mol. The molecule has 0 aliphatic heterocycles. The number of thiophene rings is 1. The summed E-state index contributed by atoms with van der Waals surface area (Å²) >= 11 is 0. The molecule has 0 bridgehead atoms. The Morgan fingerprint density at radius 1 is 1.33 bits per heavy atom. The molecule has 0 aliphatic rings. The molecule has 52 valence electrons. The van der Waals surface area contributed by atoms with Crippen LogP contribution in [0.4, 0.5) is 4.79 Å². The molecular weight excluding hydrogens is 188 g/mol. The van der Waals surface area contributed by atoms with Crippen molar-refractivity contribution in [3.8, 4) is 0 Å². The van der Waals surface area contributed by atoms with E-state index in [2.05, 4.69) is 0 Å². The monoisotopic (exact) mass is 191 g/mol. The maximum absolute atomic E-state index is 10.0. The summed E-state index contributed by atoms with van der Waals surface area (Å²) in [6, 6.07) is 3.41. The van der Waals surface area contributed by atoms with Gasteiger partial charge in [0.05, 0.1) is 0 Å². The molecule has 4 heteroatoms. The van der Waals surface area contributed by atoms with Crippen LogP contribution in [0.3, 0.4) is 0 Å². The number of carbonyl (C=O) groups is 1. The first kappa shape index (κ1) is 8.69. The molecule has 1 heterocycles. The van der Waals surface area contributed by atoms with Crippen LogP contribution in [0.1, 0.15) is 0 Å². The third kappa shape index (κ3) is 2.18. The molecule has 0 fully saturated rings. The van der Waals surface area contributed by atoms with Gasteiger partial charge in [-0.25, -0.2) is 0 Å². The molecule has 0 aliphatic carbocycles. The van der Waals surface area contributed by atoms with Crippen molar-refractivity contribution in [2.45, 2.75) is 0 Å². The predicted octanol–water partition coefficient (Wildman–Crippen LogP) is 0.625. The Hall–Kier alpha value is -0.311. The van der Waals surface area contributed by atoms with Gasteiger partial charge in [0.15, 0.2) is 0 Å². The van der Waals surface area contributed by atoms with Gasteiger partial charge in [-0.05, 0) is 12.1 Å². The van der Waals surface area contributed by atoms with Gasteiger partial charge in [0.2, 0.25) is 0 Å². The number of hydrogen-bond donors (Lipinski definition) is 0. The maximum Gasteiger partial charge on any atom is 1.00 e. The molecule has 0 radical (unpaired) electrons. The molecule has 1 aromatic rings. The fourth-order valence-corrected chi connectivity index (χ4v) is 1.25. The Labute approximate surface area is 66.0 Å². The first-order chi connectivity index (χ1) is 3.80. The van der Waals surface area contributed by atoms with Gasteiger partial charge < -0.3 is 9.90 Å². The number of hydrogen-bond acceptors (Lipinski definition) is 2. The summed E-state index contributed by atoms with van der Waals surface area (Å²) in [5.41, 5.74) is 0. The van der Waals surface area contributed by atoms with Crippen LogP contribution >= 0.6 is 10.5 Å². The Morgan fingerprint density at radius 2 is 1.78 bits per heavy atom. The van der Waals surface area contributed by atoms with E-state index in [1.165, 1.54) is 0 Å². The summed E-state index contributed by atoms with van der Waals surface area (Å²) in [5.74, 6) is 0. The van der Waals surface area contributed by atoms with E-state index < -0.39 is 15.8 Å². The van der Waals surface area contributed by atoms with E-state index in [9.17, 15) is 9.90 Å². The number of carbonyl (C=O) groups excluding carboxylic acids is 1. The zero-order valence-electron chi connectivity index (χ0n) is 4.34. The fourth-order valence-electron chi connectivity index (χ4n) is 0.416. The van der Waals surface area contributed by atoms with Crippen LogP contribution in [-0.4, -0.2) is 5.30 Å². The van der Waals surface area contributed by atoms with Crippen molar-refractivity contribution in [2.75, 3.05) is 0 Å². The van der Waals surface area contributed by atoms with Crippen molar-refractivity contribution in [3.63, 3.8) is 0 Å². The quantitative estimate of drug-likeness (QED) is 0.483. The molecule has 0 saturated carbocycles. The van der Waals surface area contributed by atoms with Crippen molar-refractivity contribution in [1.29, 1.82) is 0 Å². The molecular formula is C5H4CuO2S+. The summed E-state index contributed by atoms with van der Waals surface area (Å²) in [5, 5.41) is 12.2. The van der Waals surface area contributed by atoms with E-state index in [4.69, 9.17) is 0 Å². The Kier molecular flexibility index (Phi) is 3.54. The second-order valence-corrected chi connectivity index (χ2v) is 2.90. The van der Waals surface area contributed by atoms with Gasteiger partial charge in [-0.2, -0.15) is 0 Å². The normalized spacial score (nSPS) is 8.00. The molecule has 0 saturated heterocycles. The van der Waals surface area contributed by atoms with E-state index in [1.54, 1.807) is 22.9 Å². The smallest absolute Gasteiger partial charge is 0.500 e. The molecule has 0 aromatic carbocycles. The molecule has 0 atom stereocenters. The molecule has 1 aromatic heterocycles. The molecule has 1 rings (SSSR count). The van der Waals surface area contributed by atoms with E-state index in [0.717, 1.165) is 0 Å². The van der Waals surface area contributed by atoms with Crippen LogP contribution in [-0.2, 0) is 17.1 Å². The molecule has 0 amide bonds.